The summed E-state index contributed by atoms with van der Waals surface area (Å²) in [4.78, 5) is 35.7. The van der Waals surface area contributed by atoms with Crippen molar-refractivity contribution in [2.24, 2.45) is 0 Å². The van der Waals surface area contributed by atoms with Crippen molar-refractivity contribution in [2.75, 3.05) is 44.7 Å². The molecule has 2 N–H and O–H groups in total. The van der Waals surface area contributed by atoms with E-state index in [0.717, 1.165) is 39.3 Å². The molecule has 2 amide bonds. The molecule has 0 atom stereocenters. The number of benzene rings is 1. The van der Waals surface area contributed by atoms with E-state index in [0.29, 0.717) is 12.2 Å². The first-order chi connectivity index (χ1) is 11.6. The van der Waals surface area contributed by atoms with Crippen LogP contribution in [0.1, 0.15) is 6.42 Å². The monoisotopic (exact) mass is 336 g/mol. The Hall–Kier alpha value is -2.52. The number of anilines is 1. The molecule has 0 bridgehead atoms. The molecule has 1 aliphatic heterocycles. The normalized spacial score (nSPS) is 14.8. The second kappa shape index (κ2) is 8.94. The number of ether oxygens (including phenoxy) is 1. The van der Waals surface area contributed by atoms with Gasteiger partial charge in [0.15, 0.2) is 0 Å². The quantitative estimate of drug-likeness (QED) is 0.336. The van der Waals surface area contributed by atoms with Gasteiger partial charge in [-0.25, -0.2) is 0 Å². The number of carbonyl (C=O) groups is 2. The first-order valence-corrected chi connectivity index (χ1v) is 7.70. The summed E-state index contributed by atoms with van der Waals surface area (Å²) in [6.07, 6.45) is 0.747. The number of amides is 2. The van der Waals surface area contributed by atoms with Crippen LogP contribution >= 0.6 is 0 Å². The molecule has 1 saturated heterocycles. The molecule has 130 valence electrons. The first-order valence-electron chi connectivity index (χ1n) is 7.70. The Morgan fingerprint density at radius 3 is 2.46 bits per heavy atom. The van der Waals surface area contributed by atoms with Gasteiger partial charge in [-0.05, 0) is 25.1 Å². The van der Waals surface area contributed by atoms with Gasteiger partial charge in [-0.15, -0.1) is 0 Å². The van der Waals surface area contributed by atoms with Gasteiger partial charge in [0.25, 0.3) is 5.69 Å². The third-order valence-electron chi connectivity index (χ3n) is 3.58. The predicted molar refractivity (Wildman–Crippen MR) is 86.6 cm³/mol. The summed E-state index contributed by atoms with van der Waals surface area (Å²) in [5.74, 6) is -1.52. The van der Waals surface area contributed by atoms with Crippen LogP contribution in [0.3, 0.4) is 0 Å². The standard InChI is InChI=1S/C15H20N4O5/c20-14(16-6-1-7-18-8-10-24-11-9-18)15(21)17-12-2-4-13(5-3-12)19(22)23/h2-5H,1,6-11H2,(H,16,20)(H,17,21). The average molecular weight is 336 g/mol. The fourth-order valence-electron chi connectivity index (χ4n) is 2.26. The van der Waals surface area contributed by atoms with E-state index in [9.17, 15) is 19.7 Å². The lowest BCUT2D eigenvalue weighted by Gasteiger charge is -2.26. The van der Waals surface area contributed by atoms with Gasteiger partial charge >= 0.3 is 11.8 Å². The summed E-state index contributed by atoms with van der Waals surface area (Å²) >= 11 is 0. The van der Waals surface area contributed by atoms with Gasteiger partial charge in [0, 0.05) is 37.5 Å². The predicted octanol–water partition coefficient (Wildman–Crippen LogP) is 0.372. The summed E-state index contributed by atoms with van der Waals surface area (Å²) in [6, 6.07) is 5.27. The highest BCUT2D eigenvalue weighted by Crippen LogP contribution is 2.15. The molecule has 1 fully saturated rings. The van der Waals surface area contributed by atoms with Crippen molar-refractivity contribution in [3.05, 3.63) is 34.4 Å². The molecular formula is C15H20N4O5. The van der Waals surface area contributed by atoms with Gasteiger partial charge in [-0.1, -0.05) is 0 Å². The van der Waals surface area contributed by atoms with Gasteiger partial charge in [0.1, 0.15) is 0 Å². The van der Waals surface area contributed by atoms with Crippen LogP contribution in [-0.2, 0) is 14.3 Å². The summed E-state index contributed by atoms with van der Waals surface area (Å²) < 4.78 is 5.25. The fraction of sp³-hybridized carbons (Fsp3) is 0.467. The van der Waals surface area contributed by atoms with Crippen LogP contribution in [0.5, 0.6) is 0 Å². The fourth-order valence-corrected chi connectivity index (χ4v) is 2.26. The van der Waals surface area contributed by atoms with E-state index < -0.39 is 16.7 Å². The number of hydrogen-bond donors (Lipinski definition) is 2. The van der Waals surface area contributed by atoms with E-state index in [2.05, 4.69) is 15.5 Å². The highest BCUT2D eigenvalue weighted by Gasteiger charge is 2.14. The smallest absolute Gasteiger partial charge is 0.313 e. The lowest BCUT2D eigenvalue weighted by molar-refractivity contribution is -0.384. The lowest BCUT2D eigenvalue weighted by Crippen LogP contribution is -2.39. The van der Waals surface area contributed by atoms with Crippen LogP contribution in [0, 0.1) is 10.1 Å². The number of hydrogen-bond acceptors (Lipinski definition) is 6. The van der Waals surface area contributed by atoms with Crippen LogP contribution in [-0.4, -0.2) is 61.0 Å². The molecule has 0 saturated carbocycles. The van der Waals surface area contributed by atoms with Gasteiger partial charge < -0.3 is 15.4 Å². The van der Waals surface area contributed by atoms with Crippen molar-refractivity contribution in [2.45, 2.75) is 6.42 Å². The van der Waals surface area contributed by atoms with E-state index in [1.807, 2.05) is 0 Å². The van der Waals surface area contributed by atoms with Crippen LogP contribution < -0.4 is 10.6 Å². The number of nitro groups is 1. The van der Waals surface area contributed by atoms with E-state index >= 15 is 0 Å². The molecule has 0 spiro atoms. The van der Waals surface area contributed by atoms with E-state index in [1.54, 1.807) is 0 Å². The van der Waals surface area contributed by atoms with Crippen molar-refractivity contribution in [1.29, 1.82) is 0 Å². The first kappa shape index (κ1) is 17.8. The Labute approximate surface area is 139 Å². The zero-order valence-electron chi connectivity index (χ0n) is 13.2. The van der Waals surface area contributed by atoms with E-state index in [1.165, 1.54) is 24.3 Å². The van der Waals surface area contributed by atoms with Gasteiger partial charge in [0.05, 0.1) is 18.1 Å². The Morgan fingerprint density at radius 2 is 1.83 bits per heavy atom. The number of rotatable bonds is 6. The summed E-state index contributed by atoms with van der Waals surface area (Å²) in [6.45, 7) is 4.47. The number of non-ortho nitro benzene ring substituents is 1. The minimum atomic E-state index is -0.796. The molecule has 0 unspecified atom stereocenters. The van der Waals surface area contributed by atoms with E-state index in [4.69, 9.17) is 4.74 Å². The zero-order valence-corrected chi connectivity index (χ0v) is 13.2. The molecule has 1 aromatic carbocycles. The maximum Gasteiger partial charge on any atom is 0.313 e. The van der Waals surface area contributed by atoms with Crippen molar-refractivity contribution in [1.82, 2.24) is 10.2 Å². The molecule has 0 aromatic heterocycles. The number of nitro benzene ring substituents is 1. The average Bonchev–Trinajstić information content (AvgIpc) is 2.60. The number of morpholine rings is 1. The Morgan fingerprint density at radius 1 is 1.17 bits per heavy atom. The van der Waals surface area contributed by atoms with Crippen LogP contribution in [0.25, 0.3) is 0 Å². The molecule has 24 heavy (non-hydrogen) atoms. The summed E-state index contributed by atoms with van der Waals surface area (Å²) in [5, 5.41) is 15.5. The largest absolute Gasteiger partial charge is 0.379 e. The topological polar surface area (TPSA) is 114 Å². The Balaban J connectivity index is 1.67. The van der Waals surface area contributed by atoms with Crippen molar-refractivity contribution >= 4 is 23.2 Å². The third-order valence-corrected chi connectivity index (χ3v) is 3.58. The Kier molecular flexibility index (Phi) is 6.64. The molecule has 1 aliphatic rings. The molecule has 2 rings (SSSR count). The molecule has 0 aliphatic carbocycles. The second-order valence-corrected chi connectivity index (χ2v) is 5.32. The van der Waals surface area contributed by atoms with Crippen LogP contribution in [0.15, 0.2) is 24.3 Å². The van der Waals surface area contributed by atoms with Crippen molar-refractivity contribution < 1.29 is 19.2 Å². The third kappa shape index (κ3) is 5.60. The summed E-state index contributed by atoms with van der Waals surface area (Å²) in [5.41, 5.74) is 0.245. The Bertz CT molecular complexity index is 584. The highest BCUT2D eigenvalue weighted by molar-refractivity contribution is 6.39. The van der Waals surface area contributed by atoms with E-state index in [-0.39, 0.29) is 5.69 Å². The summed E-state index contributed by atoms with van der Waals surface area (Å²) in [7, 11) is 0. The van der Waals surface area contributed by atoms with Crippen LogP contribution in [0.2, 0.25) is 0 Å². The number of nitrogens with one attached hydrogen (secondary N) is 2. The molecule has 9 nitrogen and oxygen atoms in total. The van der Waals surface area contributed by atoms with Gasteiger partial charge in [-0.3, -0.25) is 24.6 Å². The number of carbonyl (C=O) groups excluding carboxylic acids is 2. The molecular weight excluding hydrogens is 316 g/mol. The van der Waals surface area contributed by atoms with Crippen molar-refractivity contribution in [3.63, 3.8) is 0 Å². The maximum absolute atomic E-state index is 11.7. The molecule has 9 heteroatoms. The number of nitrogens with zero attached hydrogens (tertiary/aromatic N) is 2. The zero-order chi connectivity index (χ0) is 17.4. The molecule has 1 heterocycles. The van der Waals surface area contributed by atoms with Crippen LogP contribution in [0.4, 0.5) is 11.4 Å². The highest BCUT2D eigenvalue weighted by atomic mass is 16.6. The minimum absolute atomic E-state index is 0.0828. The molecule has 0 radical (unpaired) electrons. The second-order valence-electron chi connectivity index (χ2n) is 5.32. The van der Waals surface area contributed by atoms with Gasteiger partial charge in [-0.2, -0.15) is 0 Å². The van der Waals surface area contributed by atoms with Gasteiger partial charge in [0.2, 0.25) is 0 Å². The minimum Gasteiger partial charge on any atom is -0.379 e. The SMILES string of the molecule is O=C(NCCCN1CCOCC1)C(=O)Nc1ccc([N+](=O)[O-])cc1. The molecule has 1 aromatic rings. The van der Waals surface area contributed by atoms with Crippen molar-refractivity contribution in [3.8, 4) is 0 Å². The maximum atomic E-state index is 11.7. The lowest BCUT2D eigenvalue weighted by atomic mass is 10.3.